The topological polar surface area (TPSA) is 9.23 Å². The molecule has 2 rings (SSSR count). The van der Waals surface area contributed by atoms with E-state index in [1.54, 1.807) is 18.2 Å². The number of halogens is 3. The molecule has 0 aliphatic rings. The second kappa shape index (κ2) is 8.75. The van der Waals surface area contributed by atoms with Gasteiger partial charge >= 0.3 is 23.1 Å². The van der Waals surface area contributed by atoms with E-state index in [1.807, 2.05) is 12.1 Å². The summed E-state index contributed by atoms with van der Waals surface area (Å²) in [7, 11) is 0. The summed E-state index contributed by atoms with van der Waals surface area (Å²) in [5.41, 5.74) is 0.750. The molecule has 0 amide bonds. The largest absolute Gasteiger partial charge is 2.00 e. The molecule has 0 spiro atoms. The van der Waals surface area contributed by atoms with Crippen molar-refractivity contribution in [1.82, 2.24) is 0 Å². The van der Waals surface area contributed by atoms with E-state index in [2.05, 4.69) is 6.07 Å². The number of ether oxygens (including phenoxy) is 1. The van der Waals surface area contributed by atoms with Crippen molar-refractivity contribution in [2.45, 2.75) is 6.61 Å². The fourth-order valence-electron chi connectivity index (χ4n) is 1.26. The molecule has 0 N–H and O–H groups in total. The van der Waals surface area contributed by atoms with Crippen molar-refractivity contribution in [3.8, 4) is 5.75 Å². The quantitative estimate of drug-likeness (QED) is 0.584. The minimum Gasteiger partial charge on any atom is -1.00 e. The van der Waals surface area contributed by atoms with Crippen LogP contribution in [0.5, 0.6) is 5.75 Å². The molecule has 18 heavy (non-hydrogen) atoms. The Kier molecular flexibility index (Phi) is 8.60. The Bertz CT molecular complexity index is 482. The van der Waals surface area contributed by atoms with Gasteiger partial charge in [-0.05, 0) is 12.1 Å². The molecule has 2 aromatic carbocycles. The van der Waals surface area contributed by atoms with Crippen LogP contribution < -0.4 is 21.7 Å². The molecule has 90 valence electrons. The molecular weight excluding hydrogens is 331 g/mol. The second-order valence-electron chi connectivity index (χ2n) is 3.25. The minimum absolute atomic E-state index is 0. The predicted molar refractivity (Wildman–Crippen MR) is 66.8 cm³/mol. The molecule has 0 unspecified atom stereocenters. The Labute approximate surface area is 137 Å². The summed E-state index contributed by atoms with van der Waals surface area (Å²) in [5, 5.41) is 0.371. The first kappa shape index (κ1) is 17.7. The molecule has 0 aromatic heterocycles. The van der Waals surface area contributed by atoms with E-state index in [-0.39, 0.29) is 45.9 Å². The summed E-state index contributed by atoms with van der Waals surface area (Å²) in [5.74, 6) is 0.294. The third-order valence-electron chi connectivity index (χ3n) is 2.08. The van der Waals surface area contributed by atoms with Gasteiger partial charge in [0.25, 0.3) is 0 Å². The first-order valence-corrected chi connectivity index (χ1v) is 5.17. The predicted octanol–water partition coefficient (Wildman–Crippen LogP) is 0.481. The van der Waals surface area contributed by atoms with Crippen molar-refractivity contribution >= 4 is 34.7 Å². The van der Waals surface area contributed by atoms with Crippen molar-refractivity contribution in [1.29, 1.82) is 0 Å². The van der Waals surface area contributed by atoms with Gasteiger partial charge in [0.05, 0.1) is 5.02 Å². The zero-order valence-electron chi connectivity index (χ0n) is 9.50. The number of benzene rings is 2. The van der Waals surface area contributed by atoms with Crippen LogP contribution in [-0.4, -0.2) is 23.1 Å². The summed E-state index contributed by atoms with van der Waals surface area (Å²) < 4.78 is 18.2. The van der Waals surface area contributed by atoms with Crippen LogP contribution in [0.25, 0.3) is 0 Å². The third-order valence-corrected chi connectivity index (χ3v) is 2.43. The maximum absolute atomic E-state index is 12.8. The fourth-order valence-corrected chi connectivity index (χ4v) is 1.48. The Morgan fingerprint density at radius 1 is 1.22 bits per heavy atom. The molecule has 0 saturated carbocycles. The van der Waals surface area contributed by atoms with Gasteiger partial charge < -0.3 is 21.7 Å². The molecule has 0 aliphatic carbocycles. The molecule has 0 aliphatic heterocycles. The Morgan fingerprint density at radius 3 is 2.61 bits per heavy atom. The van der Waals surface area contributed by atoms with E-state index >= 15 is 0 Å². The van der Waals surface area contributed by atoms with Crippen molar-refractivity contribution in [2.75, 3.05) is 0 Å². The van der Waals surface area contributed by atoms with Gasteiger partial charge in [-0.25, -0.2) is 4.39 Å². The van der Waals surface area contributed by atoms with Crippen molar-refractivity contribution in [3.05, 3.63) is 64.9 Å². The smallest absolute Gasteiger partial charge is 1.00 e. The van der Waals surface area contributed by atoms with Crippen molar-refractivity contribution in [3.63, 3.8) is 0 Å². The van der Waals surface area contributed by atoms with E-state index in [0.717, 1.165) is 5.56 Å². The summed E-state index contributed by atoms with van der Waals surface area (Å²) in [6.07, 6.45) is 0. The first-order valence-electron chi connectivity index (χ1n) is 4.79. The van der Waals surface area contributed by atoms with Crippen LogP contribution in [0.1, 0.15) is 5.56 Å². The van der Waals surface area contributed by atoms with Gasteiger partial charge in [-0.15, -0.1) is 12.1 Å². The van der Waals surface area contributed by atoms with Gasteiger partial charge in [0.1, 0.15) is 12.4 Å². The molecule has 0 atom stereocenters. The molecule has 0 bridgehead atoms. The standard InChI is InChI=1S/C13H9ClFO.BrH.Mg/c14-13-8-11(15)7-6-10(13)9-16-12-4-2-1-3-5-12;;/h1-4,6-8H,9H2;1H;/q-1;;+2/p-1. The first-order chi connectivity index (χ1) is 7.75. The zero-order valence-corrected chi connectivity index (χ0v) is 13.3. The van der Waals surface area contributed by atoms with Crippen LogP contribution in [0.3, 0.4) is 0 Å². The van der Waals surface area contributed by atoms with E-state index in [1.165, 1.54) is 12.1 Å². The average molecular weight is 340 g/mol. The average Bonchev–Trinajstić information content (AvgIpc) is 2.29. The number of para-hydroxylation sites is 1. The SMILES string of the molecule is Fc1ccc(COc2[c-]cccc2)c(Cl)c1.[Br-].[Mg+2]. The monoisotopic (exact) mass is 338 g/mol. The minimum atomic E-state index is -0.347. The Hall–Kier alpha value is -0.294. The van der Waals surface area contributed by atoms with Crippen molar-refractivity contribution in [2.24, 2.45) is 0 Å². The fraction of sp³-hybridized carbons (Fsp3) is 0.0769. The maximum atomic E-state index is 12.8. The second-order valence-corrected chi connectivity index (χ2v) is 3.66. The van der Waals surface area contributed by atoms with Gasteiger partial charge in [-0.2, -0.15) is 18.2 Å². The number of hydrogen-bond donors (Lipinski definition) is 0. The van der Waals surface area contributed by atoms with Gasteiger partial charge in [0.2, 0.25) is 0 Å². The molecule has 1 nitrogen and oxygen atoms in total. The van der Waals surface area contributed by atoms with Gasteiger partial charge in [-0.1, -0.05) is 17.7 Å². The number of hydrogen-bond acceptors (Lipinski definition) is 1. The van der Waals surface area contributed by atoms with Crippen LogP contribution in [0.15, 0.2) is 42.5 Å². The van der Waals surface area contributed by atoms with E-state index in [0.29, 0.717) is 17.4 Å². The van der Waals surface area contributed by atoms with Gasteiger partial charge in [0, 0.05) is 11.3 Å². The summed E-state index contributed by atoms with van der Waals surface area (Å²) in [6.45, 7) is 0.305. The molecule has 0 heterocycles. The van der Waals surface area contributed by atoms with Crippen molar-refractivity contribution < 1.29 is 26.1 Å². The van der Waals surface area contributed by atoms with Crippen LogP contribution in [0.2, 0.25) is 5.02 Å². The normalized spacial score (nSPS) is 9.00. The van der Waals surface area contributed by atoms with Crippen LogP contribution in [0, 0.1) is 11.9 Å². The zero-order chi connectivity index (χ0) is 11.4. The van der Waals surface area contributed by atoms with Gasteiger partial charge in [0.15, 0.2) is 0 Å². The summed E-state index contributed by atoms with van der Waals surface area (Å²) >= 11 is 5.87. The van der Waals surface area contributed by atoms with E-state index in [9.17, 15) is 4.39 Å². The maximum Gasteiger partial charge on any atom is 2.00 e. The van der Waals surface area contributed by atoms with E-state index in [4.69, 9.17) is 16.3 Å². The summed E-state index contributed by atoms with van der Waals surface area (Å²) in [6, 6.07) is 14.5. The van der Waals surface area contributed by atoms with Crippen LogP contribution in [0.4, 0.5) is 4.39 Å². The third kappa shape index (κ3) is 5.14. The molecule has 0 saturated heterocycles. The number of rotatable bonds is 3. The Morgan fingerprint density at radius 2 is 2.00 bits per heavy atom. The molecule has 2 aromatic rings. The Balaban J connectivity index is 0.00000144. The molecule has 0 radical (unpaired) electrons. The van der Waals surface area contributed by atoms with Gasteiger partial charge in [-0.3, -0.25) is 0 Å². The van der Waals surface area contributed by atoms with Crippen LogP contribution >= 0.6 is 11.6 Å². The van der Waals surface area contributed by atoms with E-state index < -0.39 is 0 Å². The molecular formula is C13H9BrClFMgO. The molecule has 5 heteroatoms. The van der Waals surface area contributed by atoms with Crippen LogP contribution in [-0.2, 0) is 6.61 Å². The molecule has 0 fully saturated rings. The summed E-state index contributed by atoms with van der Waals surface area (Å²) in [4.78, 5) is 0.